The second-order valence-electron chi connectivity index (χ2n) is 6.29. The van der Waals surface area contributed by atoms with Crippen molar-refractivity contribution in [2.45, 2.75) is 38.0 Å². The highest BCUT2D eigenvalue weighted by molar-refractivity contribution is 5.75. The lowest BCUT2D eigenvalue weighted by molar-refractivity contribution is -0.121. The minimum absolute atomic E-state index is 0.0392. The van der Waals surface area contributed by atoms with Crippen LogP contribution in [0.1, 0.15) is 19.3 Å². The Morgan fingerprint density at radius 2 is 2.16 bits per heavy atom. The summed E-state index contributed by atoms with van der Waals surface area (Å²) in [4.78, 5) is 15.8. The molecule has 7 heteroatoms. The van der Waals surface area contributed by atoms with Crippen LogP contribution in [0.25, 0.3) is 0 Å². The summed E-state index contributed by atoms with van der Waals surface area (Å²) in [6.07, 6.45) is 6.01. The van der Waals surface area contributed by atoms with E-state index in [4.69, 9.17) is 4.74 Å². The summed E-state index contributed by atoms with van der Waals surface area (Å²) in [5.74, 6) is 0.123. The molecule has 1 aliphatic rings. The zero-order chi connectivity index (χ0) is 17.6. The molecule has 0 spiro atoms. The van der Waals surface area contributed by atoms with Crippen molar-refractivity contribution in [3.8, 4) is 5.75 Å². The number of rotatable bonds is 7. The van der Waals surface area contributed by atoms with E-state index in [1.165, 1.54) is 12.1 Å². The van der Waals surface area contributed by atoms with Crippen molar-refractivity contribution in [3.63, 3.8) is 0 Å². The summed E-state index contributed by atoms with van der Waals surface area (Å²) >= 11 is 0. The molecule has 1 aromatic heterocycles. The van der Waals surface area contributed by atoms with E-state index in [9.17, 15) is 14.3 Å². The average molecular weight is 347 g/mol. The fourth-order valence-electron chi connectivity index (χ4n) is 3.05. The highest BCUT2D eigenvalue weighted by Crippen LogP contribution is 2.29. The van der Waals surface area contributed by atoms with Gasteiger partial charge in [-0.1, -0.05) is 0 Å². The molecule has 3 atom stereocenters. The number of aromatic nitrogens is 2. The Hall–Kier alpha value is -2.41. The van der Waals surface area contributed by atoms with Crippen LogP contribution in [0.5, 0.6) is 5.75 Å². The van der Waals surface area contributed by atoms with Gasteiger partial charge in [-0.25, -0.2) is 9.37 Å². The van der Waals surface area contributed by atoms with Crippen LogP contribution in [0.2, 0.25) is 0 Å². The van der Waals surface area contributed by atoms with Gasteiger partial charge in [-0.05, 0) is 37.1 Å². The Morgan fingerprint density at radius 1 is 1.36 bits per heavy atom. The number of aliphatic hydroxyl groups is 1. The van der Waals surface area contributed by atoms with Gasteiger partial charge in [0.15, 0.2) is 0 Å². The van der Waals surface area contributed by atoms with Gasteiger partial charge < -0.3 is 19.7 Å². The molecule has 1 saturated carbocycles. The van der Waals surface area contributed by atoms with Crippen LogP contribution in [0, 0.1) is 11.7 Å². The van der Waals surface area contributed by atoms with E-state index in [1.807, 2.05) is 10.8 Å². The number of amides is 1. The number of halogens is 1. The largest absolute Gasteiger partial charge is 0.488 e. The highest BCUT2D eigenvalue weighted by Gasteiger charge is 2.36. The molecule has 1 aliphatic carbocycles. The third-order valence-electron chi connectivity index (χ3n) is 4.50. The van der Waals surface area contributed by atoms with Gasteiger partial charge >= 0.3 is 0 Å². The number of imidazole rings is 1. The minimum atomic E-state index is -0.654. The van der Waals surface area contributed by atoms with Gasteiger partial charge in [-0.15, -0.1) is 0 Å². The lowest BCUT2D eigenvalue weighted by atomic mass is 10.1. The van der Waals surface area contributed by atoms with E-state index in [1.54, 1.807) is 24.7 Å². The number of ether oxygens (including phenoxy) is 1. The lowest BCUT2D eigenvalue weighted by Gasteiger charge is -2.21. The number of hydrogen-bond donors (Lipinski definition) is 2. The molecule has 1 fully saturated rings. The van der Waals surface area contributed by atoms with E-state index in [2.05, 4.69) is 10.3 Å². The van der Waals surface area contributed by atoms with Crippen molar-refractivity contribution >= 4 is 5.91 Å². The molecule has 3 rings (SSSR count). The lowest BCUT2D eigenvalue weighted by Crippen LogP contribution is -2.37. The van der Waals surface area contributed by atoms with Crippen LogP contribution < -0.4 is 10.1 Å². The Kier molecular flexibility index (Phi) is 5.65. The summed E-state index contributed by atoms with van der Waals surface area (Å²) in [6.45, 7) is 1.00. The second kappa shape index (κ2) is 8.11. The summed E-state index contributed by atoms with van der Waals surface area (Å²) in [7, 11) is 0. The molecule has 0 saturated heterocycles. The smallest absolute Gasteiger partial charge is 0.221 e. The van der Waals surface area contributed by atoms with Crippen molar-refractivity contribution in [2.24, 2.45) is 5.92 Å². The molecule has 6 nitrogen and oxygen atoms in total. The zero-order valence-corrected chi connectivity index (χ0v) is 13.8. The summed E-state index contributed by atoms with van der Waals surface area (Å²) in [5.41, 5.74) is 0. The van der Waals surface area contributed by atoms with Gasteiger partial charge in [-0.2, -0.15) is 0 Å². The highest BCUT2D eigenvalue weighted by atomic mass is 19.1. The molecule has 0 aliphatic heterocycles. The normalized spacial score (nSPS) is 22.7. The molecule has 2 N–H and O–H groups in total. The SMILES string of the molecule is O=C(CCn1ccnc1)NC[C@H]1CC[C@@H](Oc2ccc(F)cc2)[C@@H]1O. The number of carbonyl (C=O) groups excluding carboxylic acids is 1. The third kappa shape index (κ3) is 4.79. The van der Waals surface area contributed by atoms with Crippen LogP contribution in [0.3, 0.4) is 0 Å². The van der Waals surface area contributed by atoms with E-state index >= 15 is 0 Å². The maximum Gasteiger partial charge on any atom is 0.221 e. The Balaban J connectivity index is 1.41. The van der Waals surface area contributed by atoms with Crippen LogP contribution in [0.15, 0.2) is 43.0 Å². The van der Waals surface area contributed by atoms with E-state index in [0.29, 0.717) is 31.7 Å². The molecule has 1 amide bonds. The van der Waals surface area contributed by atoms with Crippen LogP contribution >= 0.6 is 0 Å². The van der Waals surface area contributed by atoms with E-state index in [0.717, 1.165) is 6.42 Å². The summed E-state index contributed by atoms with van der Waals surface area (Å²) in [5, 5.41) is 13.3. The predicted octanol–water partition coefficient (Wildman–Crippen LogP) is 1.75. The van der Waals surface area contributed by atoms with Crippen molar-refractivity contribution in [1.29, 1.82) is 0 Å². The van der Waals surface area contributed by atoms with Crippen molar-refractivity contribution < 1.29 is 19.0 Å². The number of nitrogens with zero attached hydrogens (tertiary/aromatic N) is 2. The van der Waals surface area contributed by atoms with Crippen molar-refractivity contribution in [1.82, 2.24) is 14.9 Å². The Labute approximate surface area is 145 Å². The van der Waals surface area contributed by atoms with E-state index in [-0.39, 0.29) is 23.7 Å². The van der Waals surface area contributed by atoms with Gasteiger partial charge in [-0.3, -0.25) is 4.79 Å². The van der Waals surface area contributed by atoms with Gasteiger partial charge in [0.1, 0.15) is 17.7 Å². The Bertz CT molecular complexity index is 675. The molecular weight excluding hydrogens is 325 g/mol. The molecular formula is C18H22FN3O3. The molecule has 25 heavy (non-hydrogen) atoms. The first kappa shape index (κ1) is 17.4. The van der Waals surface area contributed by atoms with Crippen LogP contribution in [-0.4, -0.2) is 39.3 Å². The van der Waals surface area contributed by atoms with Gasteiger partial charge in [0.2, 0.25) is 5.91 Å². The van der Waals surface area contributed by atoms with E-state index < -0.39 is 6.10 Å². The molecule has 2 aromatic rings. The molecule has 1 aromatic carbocycles. The maximum absolute atomic E-state index is 12.9. The molecule has 0 unspecified atom stereocenters. The third-order valence-corrected chi connectivity index (χ3v) is 4.50. The monoisotopic (exact) mass is 347 g/mol. The standard InChI is InChI=1S/C18H22FN3O3/c19-14-2-4-15(5-3-14)25-16-6-1-13(18(16)24)11-21-17(23)7-9-22-10-8-20-12-22/h2-5,8,10,12-13,16,18,24H,1,6-7,9,11H2,(H,21,23)/t13-,16-,18-/m1/s1. The number of aliphatic hydroxyl groups excluding tert-OH is 1. The van der Waals surface area contributed by atoms with Crippen molar-refractivity contribution in [3.05, 3.63) is 48.8 Å². The van der Waals surface area contributed by atoms with Crippen molar-refractivity contribution in [2.75, 3.05) is 6.54 Å². The fourth-order valence-corrected chi connectivity index (χ4v) is 3.05. The number of aryl methyl sites for hydroxylation is 1. The van der Waals surface area contributed by atoms with Gasteiger partial charge in [0, 0.05) is 37.8 Å². The Morgan fingerprint density at radius 3 is 2.88 bits per heavy atom. The molecule has 0 bridgehead atoms. The second-order valence-corrected chi connectivity index (χ2v) is 6.29. The molecule has 0 radical (unpaired) electrons. The molecule has 1 heterocycles. The zero-order valence-electron chi connectivity index (χ0n) is 13.8. The van der Waals surface area contributed by atoms with Crippen LogP contribution in [0.4, 0.5) is 4.39 Å². The number of carbonyl (C=O) groups is 1. The summed E-state index contributed by atoms with van der Waals surface area (Å²) in [6, 6.07) is 5.75. The van der Waals surface area contributed by atoms with Gasteiger partial charge in [0.25, 0.3) is 0 Å². The van der Waals surface area contributed by atoms with Crippen LogP contribution in [-0.2, 0) is 11.3 Å². The maximum atomic E-state index is 12.9. The fraction of sp³-hybridized carbons (Fsp3) is 0.444. The number of nitrogens with one attached hydrogen (secondary N) is 1. The van der Waals surface area contributed by atoms with Gasteiger partial charge in [0.05, 0.1) is 12.4 Å². The first-order chi connectivity index (χ1) is 12.1. The minimum Gasteiger partial charge on any atom is -0.488 e. The topological polar surface area (TPSA) is 76.4 Å². The average Bonchev–Trinajstić information content (AvgIpc) is 3.24. The predicted molar refractivity (Wildman–Crippen MR) is 89.4 cm³/mol. The first-order valence-corrected chi connectivity index (χ1v) is 8.44. The number of benzene rings is 1. The summed E-state index contributed by atoms with van der Waals surface area (Å²) < 4.78 is 20.5. The quantitative estimate of drug-likeness (QED) is 0.800. The number of hydrogen-bond acceptors (Lipinski definition) is 4. The molecule has 134 valence electrons. The first-order valence-electron chi connectivity index (χ1n) is 8.44.